The number of fused-ring (bicyclic) bond motifs is 3. The van der Waals surface area contributed by atoms with E-state index in [-0.39, 0.29) is 17.3 Å². The van der Waals surface area contributed by atoms with Gasteiger partial charge in [0.1, 0.15) is 5.71 Å². The molecule has 0 radical (unpaired) electrons. The summed E-state index contributed by atoms with van der Waals surface area (Å²) >= 11 is 1.61. The van der Waals surface area contributed by atoms with Crippen molar-refractivity contribution in [2.45, 2.75) is 58.4 Å². The Morgan fingerprint density at radius 3 is 2.24 bits per heavy atom. The van der Waals surface area contributed by atoms with Gasteiger partial charge in [0, 0.05) is 69.0 Å². The molecule has 0 N–H and O–H groups in total. The van der Waals surface area contributed by atoms with Gasteiger partial charge in [0.15, 0.2) is 5.78 Å². The minimum absolute atomic E-state index is 0.0110. The zero-order valence-electron chi connectivity index (χ0n) is 24.4. The molecule has 0 bridgehead atoms. The van der Waals surface area contributed by atoms with E-state index in [4.69, 9.17) is 4.84 Å². The number of aryl methyl sites for hydroxylation is 2. The fourth-order valence-electron chi connectivity index (χ4n) is 5.32. The van der Waals surface area contributed by atoms with Crippen LogP contribution in [0.2, 0.25) is 0 Å². The van der Waals surface area contributed by atoms with Crippen LogP contribution in [-0.2, 0) is 16.2 Å². The van der Waals surface area contributed by atoms with Gasteiger partial charge in [0.05, 0.1) is 0 Å². The molecule has 214 valence electrons. The Morgan fingerprint density at radius 1 is 0.929 bits per heavy atom. The number of nitrogens with zero attached hydrogens (tertiary/aromatic N) is 2. The number of benzene rings is 3. The predicted octanol–water partition coefficient (Wildman–Crippen LogP) is 8.26. The highest BCUT2D eigenvalue weighted by molar-refractivity contribution is 7.99. The normalized spacial score (nSPS) is 13.7. The van der Waals surface area contributed by atoms with Crippen molar-refractivity contribution in [3.8, 4) is 0 Å². The van der Waals surface area contributed by atoms with E-state index in [1.807, 2.05) is 80.6 Å². The summed E-state index contributed by atoms with van der Waals surface area (Å²) in [5, 5.41) is 5.75. The van der Waals surface area contributed by atoms with Crippen molar-refractivity contribution < 1.29 is 19.2 Å². The maximum absolute atomic E-state index is 13.7. The van der Waals surface area contributed by atoms with Gasteiger partial charge in [-0.05, 0) is 82.1 Å². The van der Waals surface area contributed by atoms with Crippen LogP contribution in [0.15, 0.2) is 94.0 Å². The lowest BCUT2D eigenvalue weighted by molar-refractivity contribution is -0.140. The molecular formula is C35H34N2O4S. The number of oxime groups is 1. The summed E-state index contributed by atoms with van der Waals surface area (Å²) in [6.07, 6.45) is 6.16. The Balaban J connectivity index is 1.49. The van der Waals surface area contributed by atoms with E-state index < -0.39 is 5.97 Å². The highest BCUT2D eigenvalue weighted by Crippen LogP contribution is 2.32. The van der Waals surface area contributed by atoms with Gasteiger partial charge >= 0.3 is 5.97 Å². The lowest BCUT2D eigenvalue weighted by Gasteiger charge is -2.12. The lowest BCUT2D eigenvalue weighted by Crippen LogP contribution is -2.16. The van der Waals surface area contributed by atoms with Crippen molar-refractivity contribution >= 4 is 56.8 Å². The molecule has 6 nitrogen and oxygen atoms in total. The third kappa shape index (κ3) is 6.16. The molecule has 1 aliphatic rings. The molecule has 0 saturated heterocycles. The van der Waals surface area contributed by atoms with Gasteiger partial charge in [-0.3, -0.25) is 9.59 Å². The second-order valence-corrected chi connectivity index (χ2v) is 11.7. The number of aromatic nitrogens is 1. The Hall–Kier alpha value is -4.23. The van der Waals surface area contributed by atoms with Crippen molar-refractivity contribution in [1.82, 2.24) is 4.57 Å². The summed E-state index contributed by atoms with van der Waals surface area (Å²) in [6, 6.07) is 19.6. The van der Waals surface area contributed by atoms with Crippen molar-refractivity contribution in [3.63, 3.8) is 0 Å². The minimum atomic E-state index is -0.580. The van der Waals surface area contributed by atoms with Gasteiger partial charge in [0.2, 0.25) is 5.78 Å². The van der Waals surface area contributed by atoms with Gasteiger partial charge in [-0.25, -0.2) is 4.79 Å². The molecule has 0 amide bonds. The minimum Gasteiger partial charge on any atom is -0.341 e. The Kier molecular flexibility index (Phi) is 8.88. The molecule has 0 fully saturated rings. The first kappa shape index (κ1) is 29.3. The van der Waals surface area contributed by atoms with Crippen molar-refractivity contribution in [3.05, 3.63) is 101 Å². The van der Waals surface area contributed by atoms with Crippen LogP contribution in [0.4, 0.5) is 0 Å². The molecule has 1 heterocycles. The van der Waals surface area contributed by atoms with Gasteiger partial charge in [-0.2, -0.15) is 0 Å². The smallest absolute Gasteiger partial charge is 0.331 e. The van der Waals surface area contributed by atoms with E-state index in [9.17, 15) is 14.4 Å². The number of hydrogen-bond donors (Lipinski definition) is 0. The Morgan fingerprint density at radius 2 is 1.60 bits per heavy atom. The number of carbonyl (C=O) groups is 3. The van der Waals surface area contributed by atoms with Gasteiger partial charge in [-0.15, -0.1) is 11.8 Å². The zero-order chi connectivity index (χ0) is 29.8. The quantitative estimate of drug-likeness (QED) is 0.0622. The molecule has 1 aliphatic carbocycles. The predicted molar refractivity (Wildman–Crippen MR) is 171 cm³/mol. The molecule has 42 heavy (non-hydrogen) atoms. The van der Waals surface area contributed by atoms with Gasteiger partial charge in [0.25, 0.3) is 0 Å². The first-order chi connectivity index (χ1) is 20.3. The number of thioether (sulfide) groups is 1. The molecule has 0 aliphatic heterocycles. The average molecular weight is 579 g/mol. The molecule has 0 atom stereocenters. The van der Waals surface area contributed by atoms with E-state index in [2.05, 4.69) is 16.6 Å². The summed E-state index contributed by atoms with van der Waals surface area (Å²) in [4.78, 5) is 44.7. The molecular weight excluding hydrogens is 544 g/mol. The summed E-state index contributed by atoms with van der Waals surface area (Å²) in [6.45, 7) is 8.13. The monoisotopic (exact) mass is 578 g/mol. The van der Waals surface area contributed by atoms with E-state index >= 15 is 0 Å². The van der Waals surface area contributed by atoms with Gasteiger partial charge in [-0.1, -0.05) is 40.6 Å². The van der Waals surface area contributed by atoms with Crippen molar-refractivity contribution in [2.75, 3.05) is 5.75 Å². The molecule has 4 aromatic rings. The SMILES string of the molecule is CCn1c2ccc(C(=O)C3=C(C)CCC=C3)cc2c2cc(C(=O)/C(CCSc3ccc(C)cc3)=N/OC(C)=O)ccc21. The summed E-state index contributed by atoms with van der Waals surface area (Å²) in [5.74, 6) is -0.262. The highest BCUT2D eigenvalue weighted by Gasteiger charge is 2.21. The first-order valence-electron chi connectivity index (χ1n) is 14.2. The van der Waals surface area contributed by atoms with Crippen molar-refractivity contribution in [1.29, 1.82) is 0 Å². The van der Waals surface area contributed by atoms with Crippen LogP contribution >= 0.6 is 11.8 Å². The molecule has 5 rings (SSSR count). The van der Waals surface area contributed by atoms with Gasteiger partial charge < -0.3 is 9.40 Å². The molecule has 1 aromatic heterocycles. The van der Waals surface area contributed by atoms with Crippen LogP contribution < -0.4 is 0 Å². The summed E-state index contributed by atoms with van der Waals surface area (Å²) in [7, 11) is 0. The van der Waals surface area contributed by atoms with Crippen LogP contribution in [-0.4, -0.2) is 33.6 Å². The molecule has 3 aromatic carbocycles. The Bertz CT molecular complexity index is 1790. The topological polar surface area (TPSA) is 77.7 Å². The maximum atomic E-state index is 13.7. The fourth-order valence-corrected chi connectivity index (χ4v) is 6.18. The van der Waals surface area contributed by atoms with Crippen LogP contribution in [0.3, 0.4) is 0 Å². The first-order valence-corrected chi connectivity index (χ1v) is 15.2. The van der Waals surface area contributed by atoms with E-state index in [0.29, 0.717) is 23.3 Å². The zero-order valence-corrected chi connectivity index (χ0v) is 25.2. The highest BCUT2D eigenvalue weighted by atomic mass is 32.2. The van der Waals surface area contributed by atoms with Crippen LogP contribution in [0.25, 0.3) is 21.8 Å². The molecule has 0 spiro atoms. The average Bonchev–Trinajstić information content (AvgIpc) is 3.31. The third-order valence-corrected chi connectivity index (χ3v) is 8.57. The molecule has 0 unspecified atom stereocenters. The summed E-state index contributed by atoms with van der Waals surface area (Å²) in [5.41, 5.74) is 6.29. The number of carbonyl (C=O) groups excluding carboxylic acids is 3. The maximum Gasteiger partial charge on any atom is 0.331 e. The number of hydrogen-bond acceptors (Lipinski definition) is 6. The number of allylic oxidation sites excluding steroid dienone is 4. The second-order valence-electron chi connectivity index (χ2n) is 10.5. The fraction of sp³-hybridized carbons (Fsp3) is 0.257. The van der Waals surface area contributed by atoms with Crippen molar-refractivity contribution in [2.24, 2.45) is 5.16 Å². The van der Waals surface area contributed by atoms with E-state index in [1.165, 1.54) is 12.5 Å². The van der Waals surface area contributed by atoms with E-state index in [1.54, 1.807) is 17.8 Å². The van der Waals surface area contributed by atoms with Crippen LogP contribution in [0.5, 0.6) is 0 Å². The second kappa shape index (κ2) is 12.7. The summed E-state index contributed by atoms with van der Waals surface area (Å²) < 4.78 is 2.18. The Labute approximate surface area is 250 Å². The largest absolute Gasteiger partial charge is 0.341 e. The van der Waals surface area contributed by atoms with Crippen LogP contribution in [0.1, 0.15) is 66.3 Å². The molecule has 0 saturated carbocycles. The molecule has 7 heteroatoms. The third-order valence-electron chi connectivity index (χ3n) is 7.56. The standard InChI is InChI=1S/C35H34N2O4S/c1-5-37-32-16-12-25(34(39)28-9-7-6-8-23(28)3)20-29(32)30-21-26(13-17-33(30)37)35(40)31(36-41-24(4)38)18-19-42-27-14-10-22(2)11-15-27/h7,9-17,20-21H,5-6,8,18-19H2,1-4H3/b36-31+. The number of rotatable bonds is 10. The lowest BCUT2D eigenvalue weighted by atomic mass is 9.92. The van der Waals surface area contributed by atoms with Crippen LogP contribution in [0, 0.1) is 6.92 Å². The number of ketones is 2. The van der Waals surface area contributed by atoms with E-state index in [0.717, 1.165) is 57.2 Å². The number of Topliss-reactive ketones (excluding diaryl/α,β-unsaturated/α-hetero) is 2.